The number of carbonyl (C=O) groups excluding carboxylic acids is 1. The van der Waals surface area contributed by atoms with Crippen LogP contribution in [0.25, 0.3) is 20.5 Å². The average molecular weight is 354 g/mol. The van der Waals surface area contributed by atoms with Crippen molar-refractivity contribution in [2.45, 2.75) is 32.6 Å². The van der Waals surface area contributed by atoms with Gasteiger partial charge in [-0.3, -0.25) is 9.59 Å². The van der Waals surface area contributed by atoms with Gasteiger partial charge in [0.05, 0.1) is 4.88 Å². The zero-order valence-corrected chi connectivity index (χ0v) is 15.1. The third-order valence-corrected chi connectivity index (χ3v) is 7.23. The molecule has 2 aromatic heterocycles. The van der Waals surface area contributed by atoms with E-state index in [1.54, 1.807) is 11.3 Å². The van der Waals surface area contributed by atoms with Crippen LogP contribution in [0.3, 0.4) is 0 Å². The van der Waals surface area contributed by atoms with Gasteiger partial charge in [-0.25, -0.2) is 0 Å². The molecule has 2 nitrogen and oxygen atoms in total. The van der Waals surface area contributed by atoms with Crippen LogP contribution >= 0.6 is 22.7 Å². The van der Waals surface area contributed by atoms with E-state index in [0.717, 1.165) is 56.5 Å². The highest BCUT2D eigenvalue weighted by Crippen LogP contribution is 2.35. The number of benzene rings is 1. The second-order valence-electron chi connectivity index (χ2n) is 6.38. The number of rotatable bonds is 3. The molecule has 0 N–H and O–H groups in total. The van der Waals surface area contributed by atoms with Crippen molar-refractivity contribution in [3.63, 3.8) is 0 Å². The SMILES string of the molecule is CCC1CCc2c(sc3cc(-c4ccc(C=O)s4)ccc3c2=O)C1. The molecule has 3 aromatic rings. The average Bonchev–Trinajstić information content (AvgIpc) is 3.10. The first-order valence-electron chi connectivity index (χ1n) is 8.33. The first-order chi connectivity index (χ1) is 11.7. The van der Waals surface area contributed by atoms with Gasteiger partial charge >= 0.3 is 0 Å². The lowest BCUT2D eigenvalue weighted by molar-refractivity contribution is 0.112. The summed E-state index contributed by atoms with van der Waals surface area (Å²) in [6.45, 7) is 2.24. The molecule has 0 bridgehead atoms. The van der Waals surface area contributed by atoms with Crippen LogP contribution in [0, 0.1) is 5.92 Å². The summed E-state index contributed by atoms with van der Waals surface area (Å²) in [5, 5.41) is 0.838. The summed E-state index contributed by atoms with van der Waals surface area (Å²) in [4.78, 5) is 26.8. The molecule has 1 atom stereocenters. The van der Waals surface area contributed by atoms with Crippen LogP contribution in [0.2, 0.25) is 0 Å². The molecular formula is C20H18O2S2. The first-order valence-corrected chi connectivity index (χ1v) is 9.97. The van der Waals surface area contributed by atoms with Gasteiger partial charge in [0.25, 0.3) is 0 Å². The molecule has 0 radical (unpaired) electrons. The molecule has 1 aliphatic carbocycles. The highest BCUT2D eigenvalue weighted by atomic mass is 32.1. The summed E-state index contributed by atoms with van der Waals surface area (Å²) in [6.07, 6.45) is 5.17. The third-order valence-electron chi connectivity index (χ3n) is 4.95. The maximum atomic E-state index is 12.8. The van der Waals surface area contributed by atoms with Gasteiger partial charge in [0.2, 0.25) is 0 Å². The Labute approximate surface area is 148 Å². The smallest absolute Gasteiger partial charge is 0.191 e. The summed E-state index contributed by atoms with van der Waals surface area (Å²) in [5.74, 6) is 0.709. The van der Waals surface area contributed by atoms with Gasteiger partial charge in [-0.2, -0.15) is 0 Å². The molecule has 122 valence electrons. The number of thiophene rings is 1. The Morgan fingerprint density at radius 3 is 2.83 bits per heavy atom. The largest absolute Gasteiger partial charge is 0.297 e. The monoisotopic (exact) mass is 354 g/mol. The second kappa shape index (κ2) is 6.26. The Balaban J connectivity index is 1.84. The minimum atomic E-state index is 0.222. The topological polar surface area (TPSA) is 34.1 Å². The normalized spacial score (nSPS) is 17.0. The number of fused-ring (bicyclic) bond motifs is 2. The van der Waals surface area contributed by atoms with Crippen LogP contribution < -0.4 is 5.43 Å². The van der Waals surface area contributed by atoms with Gasteiger partial charge in [0.1, 0.15) is 0 Å². The van der Waals surface area contributed by atoms with Gasteiger partial charge in [-0.1, -0.05) is 19.4 Å². The molecule has 1 aromatic carbocycles. The maximum Gasteiger partial charge on any atom is 0.191 e. The Morgan fingerprint density at radius 2 is 2.08 bits per heavy atom. The van der Waals surface area contributed by atoms with E-state index in [1.807, 2.05) is 24.3 Å². The second-order valence-corrected chi connectivity index (χ2v) is 8.63. The van der Waals surface area contributed by atoms with Crippen molar-refractivity contribution < 1.29 is 4.79 Å². The number of hydrogen-bond donors (Lipinski definition) is 0. The Hall–Kier alpha value is -1.78. The van der Waals surface area contributed by atoms with Crippen LogP contribution in [0.15, 0.2) is 35.1 Å². The molecule has 0 fully saturated rings. The molecule has 0 aliphatic heterocycles. The molecule has 4 heteroatoms. The van der Waals surface area contributed by atoms with Crippen molar-refractivity contribution in [2.75, 3.05) is 0 Å². The van der Waals surface area contributed by atoms with E-state index >= 15 is 0 Å². The minimum Gasteiger partial charge on any atom is -0.297 e. The van der Waals surface area contributed by atoms with E-state index < -0.39 is 0 Å². The standard InChI is InChI=1S/C20H18O2S2/c1-2-12-3-6-15-18(9-12)24-19-10-13(4-7-16(19)20(15)22)17-8-5-14(11-21)23-17/h4-5,7-8,10-12H,2-3,6,9H2,1H3. The van der Waals surface area contributed by atoms with Crippen LogP contribution in [0.1, 0.15) is 39.9 Å². The summed E-state index contributed by atoms with van der Waals surface area (Å²) in [5.41, 5.74) is 2.35. The Kier molecular flexibility index (Phi) is 4.10. The molecular weight excluding hydrogens is 336 g/mol. The van der Waals surface area contributed by atoms with Crippen LogP contribution in [-0.4, -0.2) is 6.29 Å². The number of aldehydes is 1. The Morgan fingerprint density at radius 1 is 1.21 bits per heavy atom. The lowest BCUT2D eigenvalue weighted by Gasteiger charge is -2.22. The van der Waals surface area contributed by atoms with Gasteiger partial charge in [0, 0.05) is 25.4 Å². The molecule has 4 rings (SSSR count). The minimum absolute atomic E-state index is 0.222. The van der Waals surface area contributed by atoms with Gasteiger partial charge < -0.3 is 0 Å². The van der Waals surface area contributed by atoms with E-state index in [9.17, 15) is 9.59 Å². The molecule has 1 aliphatic rings. The van der Waals surface area contributed by atoms with E-state index in [1.165, 1.54) is 22.6 Å². The molecule has 1 unspecified atom stereocenters. The predicted octanol–water partition coefficient (Wildman–Crippen LogP) is 5.32. The highest BCUT2D eigenvalue weighted by molar-refractivity contribution is 7.19. The van der Waals surface area contributed by atoms with Crippen molar-refractivity contribution in [1.82, 2.24) is 0 Å². The fourth-order valence-electron chi connectivity index (χ4n) is 3.48. The molecule has 0 amide bonds. The summed E-state index contributed by atoms with van der Waals surface area (Å²) in [6, 6.07) is 9.89. The van der Waals surface area contributed by atoms with Crippen molar-refractivity contribution >= 4 is 39.0 Å². The van der Waals surface area contributed by atoms with Gasteiger partial charge in [0.15, 0.2) is 11.7 Å². The van der Waals surface area contributed by atoms with Crippen molar-refractivity contribution in [1.29, 1.82) is 0 Å². The maximum absolute atomic E-state index is 12.8. The van der Waals surface area contributed by atoms with E-state index in [2.05, 4.69) is 13.0 Å². The van der Waals surface area contributed by atoms with E-state index in [4.69, 9.17) is 0 Å². The Bertz CT molecular complexity index is 981. The first kappa shape index (κ1) is 15.7. The highest BCUT2D eigenvalue weighted by Gasteiger charge is 2.21. The fourth-order valence-corrected chi connectivity index (χ4v) is 5.66. The van der Waals surface area contributed by atoms with Crippen LogP contribution in [0.5, 0.6) is 0 Å². The molecule has 24 heavy (non-hydrogen) atoms. The summed E-state index contributed by atoms with van der Waals surface area (Å²) < 4.78 is 1.06. The van der Waals surface area contributed by atoms with Gasteiger partial charge in [-0.05, 0) is 55.0 Å². The lowest BCUT2D eigenvalue weighted by Crippen LogP contribution is -2.20. The molecule has 0 spiro atoms. The summed E-state index contributed by atoms with van der Waals surface area (Å²) in [7, 11) is 0. The zero-order valence-electron chi connectivity index (χ0n) is 13.5. The zero-order chi connectivity index (χ0) is 16.7. The van der Waals surface area contributed by atoms with Gasteiger partial charge in [-0.15, -0.1) is 22.7 Å². The van der Waals surface area contributed by atoms with Crippen LogP contribution in [-0.2, 0) is 12.8 Å². The molecule has 2 heterocycles. The van der Waals surface area contributed by atoms with Crippen molar-refractivity contribution in [2.24, 2.45) is 5.92 Å². The lowest BCUT2D eigenvalue weighted by atomic mass is 9.86. The van der Waals surface area contributed by atoms with E-state index in [0.29, 0.717) is 5.92 Å². The fraction of sp³-hybridized carbons (Fsp3) is 0.300. The summed E-state index contributed by atoms with van der Waals surface area (Å²) >= 11 is 3.27. The molecule has 0 saturated heterocycles. The van der Waals surface area contributed by atoms with Crippen molar-refractivity contribution in [3.05, 3.63) is 55.9 Å². The number of carbonyl (C=O) groups is 1. The number of hydrogen-bond acceptors (Lipinski definition) is 4. The quantitative estimate of drug-likeness (QED) is 0.597. The van der Waals surface area contributed by atoms with E-state index in [-0.39, 0.29) is 5.43 Å². The third kappa shape index (κ3) is 2.64. The molecule has 0 saturated carbocycles. The van der Waals surface area contributed by atoms with Crippen LogP contribution in [0.4, 0.5) is 0 Å². The van der Waals surface area contributed by atoms with Crippen molar-refractivity contribution in [3.8, 4) is 10.4 Å². The predicted molar refractivity (Wildman–Crippen MR) is 103 cm³/mol.